The fourth-order valence-corrected chi connectivity index (χ4v) is 1.73. The van der Waals surface area contributed by atoms with Crippen molar-refractivity contribution in [2.45, 2.75) is 12.8 Å². The molecule has 0 radical (unpaired) electrons. The standard InChI is InChI=1S/C15H21NO5/c1-2-20-8-9-21-11-14(17)16-10-13(15(18)19)12-6-4-3-5-7-12/h3-7,13H,2,8-11H2,1H3,(H,16,17)(H,18,19). The Hall–Kier alpha value is -1.92. The number of aliphatic carboxylic acids is 1. The van der Waals surface area contributed by atoms with Crippen LogP contribution >= 0.6 is 0 Å². The molecule has 0 aliphatic heterocycles. The maximum absolute atomic E-state index is 11.6. The SMILES string of the molecule is CCOCCOCC(=O)NCC(C(=O)O)c1ccccc1. The van der Waals surface area contributed by atoms with E-state index in [1.165, 1.54) is 0 Å². The van der Waals surface area contributed by atoms with Crippen molar-refractivity contribution in [3.63, 3.8) is 0 Å². The zero-order chi connectivity index (χ0) is 15.5. The highest BCUT2D eigenvalue weighted by Crippen LogP contribution is 2.14. The fourth-order valence-electron chi connectivity index (χ4n) is 1.73. The minimum Gasteiger partial charge on any atom is -0.481 e. The van der Waals surface area contributed by atoms with E-state index in [-0.39, 0.29) is 19.1 Å². The summed E-state index contributed by atoms with van der Waals surface area (Å²) in [6.45, 7) is 3.18. The minimum atomic E-state index is -0.973. The lowest BCUT2D eigenvalue weighted by Gasteiger charge is -2.14. The molecule has 1 atom stereocenters. The molecule has 0 saturated carbocycles. The molecule has 1 aromatic rings. The summed E-state index contributed by atoms with van der Waals surface area (Å²) in [6.07, 6.45) is 0. The average Bonchev–Trinajstić information content (AvgIpc) is 2.48. The van der Waals surface area contributed by atoms with Crippen LogP contribution in [0.2, 0.25) is 0 Å². The maximum atomic E-state index is 11.6. The third-order valence-electron chi connectivity index (χ3n) is 2.81. The lowest BCUT2D eigenvalue weighted by atomic mass is 9.99. The number of hydrogen-bond donors (Lipinski definition) is 2. The monoisotopic (exact) mass is 295 g/mol. The van der Waals surface area contributed by atoms with Gasteiger partial charge in [0.25, 0.3) is 0 Å². The van der Waals surface area contributed by atoms with Gasteiger partial charge in [0, 0.05) is 13.2 Å². The van der Waals surface area contributed by atoms with Crippen LogP contribution < -0.4 is 5.32 Å². The highest BCUT2D eigenvalue weighted by atomic mass is 16.5. The summed E-state index contributed by atoms with van der Waals surface area (Å²) >= 11 is 0. The first-order chi connectivity index (χ1) is 10.1. The highest BCUT2D eigenvalue weighted by molar-refractivity contribution is 5.80. The zero-order valence-corrected chi connectivity index (χ0v) is 12.1. The molecule has 21 heavy (non-hydrogen) atoms. The van der Waals surface area contributed by atoms with Crippen molar-refractivity contribution in [3.05, 3.63) is 35.9 Å². The molecule has 0 aromatic heterocycles. The van der Waals surface area contributed by atoms with Crippen molar-refractivity contribution in [2.24, 2.45) is 0 Å². The van der Waals surface area contributed by atoms with Crippen LogP contribution in [0.4, 0.5) is 0 Å². The molecule has 6 heteroatoms. The largest absolute Gasteiger partial charge is 0.481 e. The van der Waals surface area contributed by atoms with Gasteiger partial charge in [-0.2, -0.15) is 0 Å². The van der Waals surface area contributed by atoms with Crippen molar-refractivity contribution in [3.8, 4) is 0 Å². The molecule has 0 bridgehead atoms. The van der Waals surface area contributed by atoms with E-state index in [0.717, 1.165) is 0 Å². The van der Waals surface area contributed by atoms with Gasteiger partial charge in [-0.3, -0.25) is 9.59 Å². The number of nitrogens with one attached hydrogen (secondary N) is 1. The lowest BCUT2D eigenvalue weighted by molar-refractivity contribution is -0.138. The molecular formula is C15H21NO5. The van der Waals surface area contributed by atoms with Gasteiger partial charge in [0.05, 0.1) is 19.1 Å². The summed E-state index contributed by atoms with van der Waals surface area (Å²) in [6, 6.07) is 8.80. The normalized spacial score (nSPS) is 11.9. The topological polar surface area (TPSA) is 84.9 Å². The van der Waals surface area contributed by atoms with E-state index in [0.29, 0.717) is 25.4 Å². The summed E-state index contributed by atoms with van der Waals surface area (Å²) in [5.74, 6) is -2.08. The maximum Gasteiger partial charge on any atom is 0.312 e. The quantitative estimate of drug-likeness (QED) is 0.630. The lowest BCUT2D eigenvalue weighted by Crippen LogP contribution is -2.34. The van der Waals surface area contributed by atoms with E-state index >= 15 is 0 Å². The predicted octanol–water partition coefficient (Wildman–Crippen LogP) is 1.02. The van der Waals surface area contributed by atoms with Crippen LogP contribution in [0.3, 0.4) is 0 Å². The molecule has 116 valence electrons. The number of amides is 1. The number of benzene rings is 1. The van der Waals surface area contributed by atoms with Gasteiger partial charge in [-0.1, -0.05) is 30.3 Å². The Morgan fingerprint density at radius 1 is 1.19 bits per heavy atom. The molecule has 0 aliphatic rings. The number of carbonyl (C=O) groups is 2. The molecule has 0 aliphatic carbocycles. The van der Waals surface area contributed by atoms with Gasteiger partial charge in [0.15, 0.2) is 0 Å². The first-order valence-corrected chi connectivity index (χ1v) is 6.85. The molecule has 0 fully saturated rings. The van der Waals surface area contributed by atoms with Crippen molar-refractivity contribution in [1.82, 2.24) is 5.32 Å². The molecule has 1 aromatic carbocycles. The molecular weight excluding hydrogens is 274 g/mol. The molecule has 1 amide bonds. The van der Waals surface area contributed by atoms with Gasteiger partial charge >= 0.3 is 5.97 Å². The molecule has 0 spiro atoms. The highest BCUT2D eigenvalue weighted by Gasteiger charge is 2.20. The molecule has 1 unspecified atom stereocenters. The summed E-state index contributed by atoms with van der Waals surface area (Å²) in [4.78, 5) is 22.8. The van der Waals surface area contributed by atoms with Crippen LogP contribution in [0.15, 0.2) is 30.3 Å². The Kier molecular flexibility index (Phi) is 8.08. The molecule has 0 saturated heterocycles. The third-order valence-corrected chi connectivity index (χ3v) is 2.81. The first-order valence-electron chi connectivity index (χ1n) is 6.85. The van der Waals surface area contributed by atoms with E-state index in [1.807, 2.05) is 13.0 Å². The van der Waals surface area contributed by atoms with Gasteiger partial charge in [-0.25, -0.2) is 0 Å². The van der Waals surface area contributed by atoms with Crippen LogP contribution in [0.25, 0.3) is 0 Å². The van der Waals surface area contributed by atoms with Crippen LogP contribution in [0, 0.1) is 0 Å². The average molecular weight is 295 g/mol. The van der Waals surface area contributed by atoms with Gasteiger partial charge in [-0.15, -0.1) is 0 Å². The molecule has 2 N–H and O–H groups in total. The minimum absolute atomic E-state index is 0.0347. The second kappa shape index (κ2) is 9.90. The van der Waals surface area contributed by atoms with Crippen molar-refractivity contribution >= 4 is 11.9 Å². The summed E-state index contributed by atoms with van der Waals surface area (Å²) < 4.78 is 10.2. The Morgan fingerprint density at radius 3 is 2.48 bits per heavy atom. The van der Waals surface area contributed by atoms with Crippen LogP contribution in [0.5, 0.6) is 0 Å². The van der Waals surface area contributed by atoms with Crippen LogP contribution in [0.1, 0.15) is 18.4 Å². The molecule has 0 heterocycles. The summed E-state index contributed by atoms with van der Waals surface area (Å²) in [7, 11) is 0. The predicted molar refractivity (Wildman–Crippen MR) is 77.1 cm³/mol. The Labute approximate surface area is 124 Å². The Balaban J connectivity index is 2.34. The van der Waals surface area contributed by atoms with E-state index in [9.17, 15) is 14.7 Å². The fraction of sp³-hybridized carbons (Fsp3) is 0.467. The van der Waals surface area contributed by atoms with Crippen molar-refractivity contribution in [2.75, 3.05) is 33.0 Å². The second-order valence-electron chi connectivity index (χ2n) is 4.36. The Morgan fingerprint density at radius 2 is 1.86 bits per heavy atom. The summed E-state index contributed by atoms with van der Waals surface area (Å²) in [5, 5.41) is 11.8. The number of carboxylic acid groups (broad SMARTS) is 1. The smallest absolute Gasteiger partial charge is 0.312 e. The van der Waals surface area contributed by atoms with Crippen molar-refractivity contribution < 1.29 is 24.2 Å². The van der Waals surface area contributed by atoms with Gasteiger partial charge in [0.1, 0.15) is 6.61 Å². The Bertz CT molecular complexity index is 435. The van der Waals surface area contributed by atoms with E-state index in [2.05, 4.69) is 5.32 Å². The number of hydrogen-bond acceptors (Lipinski definition) is 4. The van der Waals surface area contributed by atoms with Gasteiger partial charge in [0.2, 0.25) is 5.91 Å². The van der Waals surface area contributed by atoms with Crippen molar-refractivity contribution in [1.29, 1.82) is 0 Å². The molecule has 1 rings (SSSR count). The van der Waals surface area contributed by atoms with Crippen LogP contribution in [-0.4, -0.2) is 50.0 Å². The molecule has 6 nitrogen and oxygen atoms in total. The third kappa shape index (κ3) is 6.87. The van der Waals surface area contributed by atoms with E-state index in [1.54, 1.807) is 24.3 Å². The number of ether oxygens (including phenoxy) is 2. The van der Waals surface area contributed by atoms with E-state index in [4.69, 9.17) is 9.47 Å². The van der Waals surface area contributed by atoms with Crippen LogP contribution in [-0.2, 0) is 19.1 Å². The van der Waals surface area contributed by atoms with Gasteiger partial charge < -0.3 is 19.9 Å². The second-order valence-corrected chi connectivity index (χ2v) is 4.36. The van der Waals surface area contributed by atoms with Gasteiger partial charge in [-0.05, 0) is 12.5 Å². The number of carboxylic acids is 1. The van der Waals surface area contributed by atoms with E-state index < -0.39 is 11.9 Å². The first kappa shape index (κ1) is 17.1. The summed E-state index contributed by atoms with van der Waals surface area (Å²) in [5.41, 5.74) is 0.655. The number of carbonyl (C=O) groups excluding carboxylic acids is 1. The number of rotatable bonds is 10. The zero-order valence-electron chi connectivity index (χ0n) is 12.1.